The topological polar surface area (TPSA) is 102 Å². The number of hydrogen-bond donors (Lipinski definition) is 2. The molecule has 0 bridgehead atoms. The Hall–Kier alpha value is -3.48. The van der Waals surface area contributed by atoms with Gasteiger partial charge in [-0.3, -0.25) is 19.2 Å². The number of ether oxygens (including phenoxy) is 1. The summed E-state index contributed by atoms with van der Waals surface area (Å²) in [4.78, 5) is 46.9. The van der Waals surface area contributed by atoms with Crippen molar-refractivity contribution in [2.75, 3.05) is 17.2 Å². The molecule has 2 aromatic carbocycles. The fourth-order valence-electron chi connectivity index (χ4n) is 2.63. The van der Waals surface area contributed by atoms with E-state index in [1.807, 2.05) is 32.0 Å². The summed E-state index contributed by atoms with van der Waals surface area (Å²) in [6.45, 7) is 4.79. The van der Waals surface area contributed by atoms with E-state index in [0.29, 0.717) is 11.3 Å². The first kappa shape index (κ1) is 21.8. The maximum absolute atomic E-state index is 12.1. The Morgan fingerprint density at radius 1 is 0.828 bits per heavy atom. The summed E-state index contributed by atoms with van der Waals surface area (Å²) >= 11 is 0. The van der Waals surface area contributed by atoms with E-state index in [-0.39, 0.29) is 24.5 Å². The van der Waals surface area contributed by atoms with Crippen LogP contribution in [0.15, 0.2) is 42.5 Å². The number of anilines is 2. The predicted molar refractivity (Wildman–Crippen MR) is 110 cm³/mol. The van der Waals surface area contributed by atoms with Crippen molar-refractivity contribution in [1.29, 1.82) is 0 Å². The quantitative estimate of drug-likeness (QED) is 0.526. The molecular weight excluding hydrogens is 372 g/mol. The molecule has 0 saturated heterocycles. The molecular formula is C22H24N2O5. The lowest BCUT2D eigenvalue weighted by Gasteiger charge is -2.11. The molecule has 2 rings (SSSR count). The van der Waals surface area contributed by atoms with E-state index < -0.39 is 18.5 Å². The molecule has 7 nitrogen and oxygen atoms in total. The van der Waals surface area contributed by atoms with Crippen LogP contribution in [0.2, 0.25) is 0 Å². The fraction of sp³-hybridized carbons (Fsp3) is 0.273. The lowest BCUT2D eigenvalue weighted by Crippen LogP contribution is -2.22. The molecule has 152 valence electrons. The summed E-state index contributed by atoms with van der Waals surface area (Å²) in [5.74, 6) is -1.51. The van der Waals surface area contributed by atoms with Crippen molar-refractivity contribution >= 4 is 34.9 Å². The summed E-state index contributed by atoms with van der Waals surface area (Å²) in [5.41, 5.74) is 3.64. The third-order valence-corrected chi connectivity index (χ3v) is 4.24. The van der Waals surface area contributed by atoms with Gasteiger partial charge < -0.3 is 15.4 Å². The number of aryl methyl sites for hydroxylation is 2. The van der Waals surface area contributed by atoms with Gasteiger partial charge in [0, 0.05) is 23.4 Å². The number of Topliss-reactive ketones (excluding diaryl/α,β-unsaturated/α-hetero) is 1. The molecule has 0 atom stereocenters. The van der Waals surface area contributed by atoms with E-state index in [0.717, 1.165) is 16.8 Å². The van der Waals surface area contributed by atoms with Gasteiger partial charge in [-0.05, 0) is 56.2 Å². The first-order valence-corrected chi connectivity index (χ1v) is 9.19. The second-order valence-corrected chi connectivity index (χ2v) is 6.66. The van der Waals surface area contributed by atoms with Gasteiger partial charge in [0.05, 0.1) is 6.42 Å². The maximum atomic E-state index is 12.1. The van der Waals surface area contributed by atoms with E-state index in [4.69, 9.17) is 4.74 Å². The van der Waals surface area contributed by atoms with Crippen LogP contribution >= 0.6 is 0 Å². The number of ketones is 1. The highest BCUT2D eigenvalue weighted by molar-refractivity contribution is 5.96. The fourth-order valence-corrected chi connectivity index (χ4v) is 2.63. The third-order valence-electron chi connectivity index (χ3n) is 4.24. The highest BCUT2D eigenvalue weighted by Crippen LogP contribution is 2.19. The van der Waals surface area contributed by atoms with E-state index >= 15 is 0 Å². The number of carbonyl (C=O) groups is 4. The lowest BCUT2D eigenvalue weighted by atomic mass is 10.1. The SMILES string of the molecule is CC(=O)c1ccc(NC(=O)COC(=O)CCC(=O)Nc2c(C)cccc2C)cc1. The summed E-state index contributed by atoms with van der Waals surface area (Å²) in [6.07, 6.45) is -0.169. The number of rotatable bonds is 8. The Bertz CT molecular complexity index is 899. The molecule has 2 N–H and O–H groups in total. The molecule has 2 amide bonds. The number of nitrogens with one attached hydrogen (secondary N) is 2. The minimum absolute atomic E-state index is 0.0409. The standard InChI is InChI=1S/C22H24N2O5/c1-14-5-4-6-15(2)22(14)24-19(26)11-12-21(28)29-13-20(27)23-18-9-7-17(8-10-18)16(3)25/h4-10H,11-13H2,1-3H3,(H,23,27)(H,24,26). The van der Waals surface area contributed by atoms with Crippen LogP contribution in [-0.2, 0) is 19.1 Å². The van der Waals surface area contributed by atoms with Gasteiger partial charge in [-0.25, -0.2) is 0 Å². The highest BCUT2D eigenvalue weighted by Gasteiger charge is 2.12. The van der Waals surface area contributed by atoms with Crippen molar-refractivity contribution in [3.63, 3.8) is 0 Å². The summed E-state index contributed by atoms with van der Waals surface area (Å²) in [7, 11) is 0. The molecule has 0 aromatic heterocycles. The second kappa shape index (κ2) is 10.2. The summed E-state index contributed by atoms with van der Waals surface area (Å²) < 4.78 is 4.90. The average molecular weight is 396 g/mol. The molecule has 29 heavy (non-hydrogen) atoms. The number of para-hydroxylation sites is 1. The van der Waals surface area contributed by atoms with Crippen LogP contribution in [0.25, 0.3) is 0 Å². The molecule has 2 aromatic rings. The summed E-state index contributed by atoms with van der Waals surface area (Å²) in [6, 6.07) is 12.1. The van der Waals surface area contributed by atoms with E-state index in [2.05, 4.69) is 10.6 Å². The van der Waals surface area contributed by atoms with Crippen LogP contribution in [0, 0.1) is 13.8 Å². The van der Waals surface area contributed by atoms with Gasteiger partial charge in [-0.15, -0.1) is 0 Å². The van der Waals surface area contributed by atoms with Crippen molar-refractivity contribution in [3.8, 4) is 0 Å². The predicted octanol–water partition coefficient (Wildman–Crippen LogP) is 3.41. The minimum Gasteiger partial charge on any atom is -0.456 e. The molecule has 0 aliphatic rings. The Labute approximate surface area is 169 Å². The third kappa shape index (κ3) is 6.88. The Morgan fingerprint density at radius 3 is 2.03 bits per heavy atom. The lowest BCUT2D eigenvalue weighted by molar-refractivity contribution is -0.147. The maximum Gasteiger partial charge on any atom is 0.306 e. The van der Waals surface area contributed by atoms with Gasteiger partial charge in [0.1, 0.15) is 0 Å². The number of esters is 1. The van der Waals surface area contributed by atoms with Gasteiger partial charge in [0.2, 0.25) is 5.91 Å². The Balaban J connectivity index is 1.73. The van der Waals surface area contributed by atoms with Crippen molar-refractivity contribution in [2.45, 2.75) is 33.6 Å². The van der Waals surface area contributed by atoms with Gasteiger partial charge in [0.25, 0.3) is 5.91 Å². The molecule has 0 aliphatic heterocycles. The van der Waals surface area contributed by atoms with Gasteiger partial charge in [-0.1, -0.05) is 18.2 Å². The molecule has 0 aliphatic carbocycles. The Morgan fingerprint density at radius 2 is 1.45 bits per heavy atom. The van der Waals surface area contributed by atoms with E-state index in [1.54, 1.807) is 24.3 Å². The normalized spacial score (nSPS) is 10.2. The van der Waals surface area contributed by atoms with Crippen LogP contribution in [0.5, 0.6) is 0 Å². The van der Waals surface area contributed by atoms with Crippen LogP contribution < -0.4 is 10.6 Å². The largest absolute Gasteiger partial charge is 0.456 e. The van der Waals surface area contributed by atoms with Crippen molar-refractivity contribution in [1.82, 2.24) is 0 Å². The van der Waals surface area contributed by atoms with Crippen LogP contribution in [0.3, 0.4) is 0 Å². The summed E-state index contributed by atoms with van der Waals surface area (Å²) in [5, 5.41) is 5.36. The number of benzene rings is 2. The number of carbonyl (C=O) groups excluding carboxylic acids is 4. The zero-order valence-electron chi connectivity index (χ0n) is 16.7. The molecule has 0 heterocycles. The Kier molecular flexibility index (Phi) is 7.65. The number of hydrogen-bond acceptors (Lipinski definition) is 5. The van der Waals surface area contributed by atoms with Gasteiger partial charge in [-0.2, -0.15) is 0 Å². The zero-order valence-corrected chi connectivity index (χ0v) is 16.7. The average Bonchev–Trinajstić information content (AvgIpc) is 2.68. The monoisotopic (exact) mass is 396 g/mol. The smallest absolute Gasteiger partial charge is 0.306 e. The highest BCUT2D eigenvalue weighted by atomic mass is 16.5. The molecule has 7 heteroatoms. The van der Waals surface area contributed by atoms with E-state index in [9.17, 15) is 19.2 Å². The number of amides is 2. The van der Waals surface area contributed by atoms with Gasteiger partial charge in [0.15, 0.2) is 12.4 Å². The molecule has 0 fully saturated rings. The molecule has 0 radical (unpaired) electrons. The van der Waals surface area contributed by atoms with Gasteiger partial charge >= 0.3 is 5.97 Å². The van der Waals surface area contributed by atoms with Crippen molar-refractivity contribution < 1.29 is 23.9 Å². The van der Waals surface area contributed by atoms with Crippen molar-refractivity contribution in [3.05, 3.63) is 59.2 Å². The van der Waals surface area contributed by atoms with E-state index in [1.165, 1.54) is 6.92 Å². The first-order valence-electron chi connectivity index (χ1n) is 9.19. The van der Waals surface area contributed by atoms with Crippen molar-refractivity contribution in [2.24, 2.45) is 0 Å². The zero-order chi connectivity index (χ0) is 21.4. The van der Waals surface area contributed by atoms with Crippen LogP contribution in [0.4, 0.5) is 11.4 Å². The molecule has 0 saturated carbocycles. The minimum atomic E-state index is -0.635. The molecule has 0 spiro atoms. The van der Waals surface area contributed by atoms with Crippen LogP contribution in [-0.4, -0.2) is 30.2 Å². The van der Waals surface area contributed by atoms with Crippen LogP contribution in [0.1, 0.15) is 41.3 Å². The molecule has 0 unspecified atom stereocenters. The second-order valence-electron chi connectivity index (χ2n) is 6.66. The first-order chi connectivity index (χ1) is 13.8.